The molecular formula is C12H28Cl2N4O4. The third-order valence-electron chi connectivity index (χ3n) is 2.30. The van der Waals surface area contributed by atoms with E-state index in [9.17, 15) is 9.59 Å². The van der Waals surface area contributed by atoms with Gasteiger partial charge in [-0.15, -0.1) is 24.8 Å². The highest BCUT2D eigenvalue weighted by Crippen LogP contribution is 1.84. The number of urea groups is 2. The maximum absolute atomic E-state index is 11.3. The Hall–Kier alpha value is -0.960. The largest absolute Gasteiger partial charge is 0.379 e. The van der Waals surface area contributed by atoms with Crippen LogP contribution < -0.4 is 21.7 Å². The third kappa shape index (κ3) is 21.3. The molecule has 0 heterocycles. The van der Waals surface area contributed by atoms with E-state index in [0.29, 0.717) is 46.1 Å². The molecule has 0 saturated carbocycles. The maximum atomic E-state index is 11.3. The Morgan fingerprint density at radius 1 is 0.864 bits per heavy atom. The van der Waals surface area contributed by atoms with Gasteiger partial charge < -0.3 is 31.2 Å². The van der Waals surface area contributed by atoms with Crippen LogP contribution in [0.3, 0.4) is 0 Å². The zero-order chi connectivity index (χ0) is 15.1. The van der Waals surface area contributed by atoms with Crippen molar-refractivity contribution in [1.29, 1.82) is 0 Å². The van der Waals surface area contributed by atoms with Crippen molar-refractivity contribution in [2.45, 2.75) is 19.8 Å². The second kappa shape index (κ2) is 20.0. The summed E-state index contributed by atoms with van der Waals surface area (Å²) in [5.74, 6) is 0. The number of amides is 4. The molecule has 22 heavy (non-hydrogen) atoms. The molecule has 0 aromatic carbocycles. The highest BCUT2D eigenvalue weighted by atomic mass is 35.5. The van der Waals surface area contributed by atoms with E-state index in [1.54, 1.807) is 0 Å². The van der Waals surface area contributed by atoms with Crippen molar-refractivity contribution in [2.24, 2.45) is 5.73 Å². The summed E-state index contributed by atoms with van der Waals surface area (Å²) in [6, 6.07) is -0.749. The standard InChI is InChI=1S/C12H26N4O4.2ClH/c1-2-19-9-10-20-8-7-16-12(18)15-6-4-3-5-14-11(13)17;;/h2-10H2,1H3,(H3,13,14,17)(H2,15,16,18);2*1H. The SMILES string of the molecule is CCOCCOCCNC(=O)NCCCCNC(N)=O.Cl.Cl. The van der Waals surface area contributed by atoms with Crippen molar-refractivity contribution in [2.75, 3.05) is 46.1 Å². The van der Waals surface area contributed by atoms with Gasteiger partial charge in [0.25, 0.3) is 0 Å². The summed E-state index contributed by atoms with van der Waals surface area (Å²) < 4.78 is 10.3. The van der Waals surface area contributed by atoms with Gasteiger partial charge >= 0.3 is 12.1 Å². The van der Waals surface area contributed by atoms with Gasteiger partial charge in [0, 0.05) is 26.2 Å². The van der Waals surface area contributed by atoms with Crippen LogP contribution >= 0.6 is 24.8 Å². The normalized spacial score (nSPS) is 9.14. The summed E-state index contributed by atoms with van der Waals surface area (Å²) in [4.78, 5) is 21.7. The lowest BCUT2D eigenvalue weighted by Gasteiger charge is -2.08. The van der Waals surface area contributed by atoms with Crippen LogP contribution in [-0.4, -0.2) is 58.1 Å². The first-order valence-electron chi connectivity index (χ1n) is 6.87. The molecule has 0 rings (SSSR count). The summed E-state index contributed by atoms with van der Waals surface area (Å²) in [6.07, 6.45) is 1.54. The highest BCUT2D eigenvalue weighted by Gasteiger charge is 1.98. The number of carbonyl (C=O) groups excluding carboxylic acids is 2. The van der Waals surface area contributed by atoms with Gasteiger partial charge in [-0.3, -0.25) is 0 Å². The smallest absolute Gasteiger partial charge is 0.314 e. The molecule has 5 N–H and O–H groups in total. The lowest BCUT2D eigenvalue weighted by molar-refractivity contribution is 0.0546. The Kier molecular flexibility index (Phi) is 23.7. The zero-order valence-corrected chi connectivity index (χ0v) is 14.5. The van der Waals surface area contributed by atoms with E-state index in [0.717, 1.165) is 12.8 Å². The van der Waals surface area contributed by atoms with E-state index < -0.39 is 6.03 Å². The molecule has 0 aliphatic heterocycles. The molecule has 134 valence electrons. The van der Waals surface area contributed by atoms with E-state index in [1.807, 2.05) is 6.92 Å². The predicted octanol–water partition coefficient (Wildman–Crippen LogP) is 0.631. The summed E-state index contributed by atoms with van der Waals surface area (Å²) in [5.41, 5.74) is 4.91. The van der Waals surface area contributed by atoms with Crippen LogP contribution in [0.1, 0.15) is 19.8 Å². The molecule has 0 spiro atoms. The lowest BCUT2D eigenvalue weighted by atomic mass is 10.3. The molecule has 10 heteroatoms. The maximum Gasteiger partial charge on any atom is 0.314 e. The van der Waals surface area contributed by atoms with Gasteiger partial charge in [-0.05, 0) is 19.8 Å². The van der Waals surface area contributed by atoms with Gasteiger partial charge in [0.05, 0.1) is 19.8 Å². The van der Waals surface area contributed by atoms with E-state index in [-0.39, 0.29) is 30.8 Å². The molecule has 0 aromatic heterocycles. The van der Waals surface area contributed by atoms with Crippen LogP contribution in [0.5, 0.6) is 0 Å². The van der Waals surface area contributed by atoms with E-state index in [2.05, 4.69) is 16.0 Å². The molecular weight excluding hydrogens is 335 g/mol. The first-order chi connectivity index (χ1) is 9.66. The minimum absolute atomic E-state index is 0. The lowest BCUT2D eigenvalue weighted by Crippen LogP contribution is -2.38. The summed E-state index contributed by atoms with van der Waals surface area (Å²) in [6.45, 7) is 5.70. The molecule has 0 fully saturated rings. The van der Waals surface area contributed by atoms with Crippen LogP contribution in [0, 0.1) is 0 Å². The molecule has 0 unspecified atom stereocenters. The van der Waals surface area contributed by atoms with Gasteiger partial charge in [0.1, 0.15) is 0 Å². The fourth-order valence-electron chi connectivity index (χ4n) is 1.33. The monoisotopic (exact) mass is 362 g/mol. The quantitative estimate of drug-likeness (QED) is 0.381. The summed E-state index contributed by atoms with van der Waals surface area (Å²) in [7, 11) is 0. The second-order valence-corrected chi connectivity index (χ2v) is 3.99. The average Bonchev–Trinajstić information content (AvgIpc) is 2.41. The molecule has 4 amide bonds. The van der Waals surface area contributed by atoms with Gasteiger partial charge in [0.2, 0.25) is 0 Å². The predicted molar refractivity (Wildman–Crippen MR) is 90.0 cm³/mol. The van der Waals surface area contributed by atoms with Crippen molar-refractivity contribution in [3.63, 3.8) is 0 Å². The molecule has 8 nitrogen and oxygen atoms in total. The number of hydrogen-bond donors (Lipinski definition) is 4. The van der Waals surface area contributed by atoms with Gasteiger partial charge in [-0.1, -0.05) is 0 Å². The van der Waals surface area contributed by atoms with E-state index >= 15 is 0 Å². The van der Waals surface area contributed by atoms with Crippen molar-refractivity contribution < 1.29 is 19.1 Å². The van der Waals surface area contributed by atoms with E-state index in [1.165, 1.54) is 0 Å². The number of halogens is 2. The summed E-state index contributed by atoms with van der Waals surface area (Å²) in [5, 5.41) is 7.87. The molecule has 0 atom stereocenters. The molecule has 0 aliphatic carbocycles. The number of hydrogen-bond acceptors (Lipinski definition) is 4. The van der Waals surface area contributed by atoms with Gasteiger partial charge in [-0.2, -0.15) is 0 Å². The second-order valence-electron chi connectivity index (χ2n) is 3.99. The Bertz CT molecular complexity index is 274. The van der Waals surface area contributed by atoms with E-state index in [4.69, 9.17) is 15.2 Å². The Morgan fingerprint density at radius 3 is 2.00 bits per heavy atom. The number of rotatable bonds is 12. The fraction of sp³-hybridized carbons (Fsp3) is 0.833. The molecule has 0 saturated heterocycles. The first kappa shape index (κ1) is 26.0. The van der Waals surface area contributed by atoms with Crippen LogP contribution in [0.15, 0.2) is 0 Å². The highest BCUT2D eigenvalue weighted by molar-refractivity contribution is 5.85. The van der Waals surface area contributed by atoms with Crippen molar-refractivity contribution in [3.8, 4) is 0 Å². The Morgan fingerprint density at radius 2 is 1.41 bits per heavy atom. The van der Waals surface area contributed by atoms with Crippen molar-refractivity contribution in [1.82, 2.24) is 16.0 Å². The van der Waals surface area contributed by atoms with Crippen molar-refractivity contribution >= 4 is 36.9 Å². The Labute approximate surface area is 144 Å². The van der Waals surface area contributed by atoms with Crippen LogP contribution in [-0.2, 0) is 9.47 Å². The van der Waals surface area contributed by atoms with Crippen molar-refractivity contribution in [3.05, 3.63) is 0 Å². The minimum Gasteiger partial charge on any atom is -0.379 e. The number of unbranched alkanes of at least 4 members (excludes halogenated alkanes) is 1. The van der Waals surface area contributed by atoms with Crippen LogP contribution in [0.2, 0.25) is 0 Å². The molecule has 0 aromatic rings. The Balaban J connectivity index is -0.00000180. The third-order valence-corrected chi connectivity index (χ3v) is 2.30. The number of carbonyl (C=O) groups is 2. The van der Waals surface area contributed by atoms with Gasteiger partial charge in [-0.25, -0.2) is 9.59 Å². The average molecular weight is 363 g/mol. The number of primary amides is 1. The summed E-state index contributed by atoms with van der Waals surface area (Å²) >= 11 is 0. The minimum atomic E-state index is -0.528. The zero-order valence-electron chi connectivity index (χ0n) is 12.9. The molecule has 0 bridgehead atoms. The molecule has 0 radical (unpaired) electrons. The first-order valence-corrected chi connectivity index (χ1v) is 6.87. The topological polar surface area (TPSA) is 115 Å². The number of nitrogens with two attached hydrogens (primary N) is 1. The number of ether oxygens (including phenoxy) is 2. The number of nitrogens with one attached hydrogen (secondary N) is 3. The van der Waals surface area contributed by atoms with Gasteiger partial charge in [0.15, 0.2) is 0 Å². The molecule has 0 aliphatic rings. The fourth-order valence-corrected chi connectivity index (χ4v) is 1.33. The van der Waals surface area contributed by atoms with Crippen LogP contribution in [0.4, 0.5) is 9.59 Å². The van der Waals surface area contributed by atoms with Crippen LogP contribution in [0.25, 0.3) is 0 Å².